The van der Waals surface area contributed by atoms with Crippen molar-refractivity contribution in [2.24, 2.45) is 0 Å². The fraction of sp³-hybridized carbons (Fsp3) is 0.435. The lowest BCUT2D eigenvalue weighted by Gasteiger charge is -2.08. The number of aromatic nitrogens is 2. The van der Waals surface area contributed by atoms with E-state index in [1.165, 1.54) is 11.3 Å². The van der Waals surface area contributed by atoms with Crippen molar-refractivity contribution in [2.75, 3.05) is 19.8 Å². The molecule has 3 aromatic rings. The Kier molecular flexibility index (Phi) is 8.34. The molecule has 1 amide bonds. The van der Waals surface area contributed by atoms with Crippen LogP contribution in [0.1, 0.15) is 40.7 Å². The van der Waals surface area contributed by atoms with Gasteiger partial charge < -0.3 is 19.8 Å². The molecule has 8 heteroatoms. The lowest BCUT2D eigenvalue weighted by molar-refractivity contribution is -0.121. The van der Waals surface area contributed by atoms with Crippen molar-refractivity contribution in [1.82, 2.24) is 15.3 Å². The predicted octanol–water partition coefficient (Wildman–Crippen LogP) is 3.40. The Bertz CT molecular complexity index is 1090. The summed E-state index contributed by atoms with van der Waals surface area (Å²) in [7, 11) is 0. The van der Waals surface area contributed by atoms with E-state index in [0.717, 1.165) is 26.4 Å². The first kappa shape index (κ1) is 23.1. The van der Waals surface area contributed by atoms with E-state index in [0.29, 0.717) is 50.6 Å². The number of H-pyrrole nitrogens is 1. The van der Waals surface area contributed by atoms with Crippen molar-refractivity contribution in [3.63, 3.8) is 0 Å². The molecule has 1 aromatic carbocycles. The van der Waals surface area contributed by atoms with E-state index >= 15 is 0 Å². The number of carbonyl (C=O) groups is 1. The van der Waals surface area contributed by atoms with Gasteiger partial charge in [0, 0.05) is 30.9 Å². The Morgan fingerprint density at radius 3 is 2.77 bits per heavy atom. The third-order valence-corrected chi connectivity index (χ3v) is 6.10. The Balaban J connectivity index is 1.48. The van der Waals surface area contributed by atoms with Crippen molar-refractivity contribution < 1.29 is 14.3 Å². The Hall–Kier alpha value is -2.55. The van der Waals surface area contributed by atoms with Crippen LogP contribution >= 0.6 is 11.3 Å². The number of carbonyl (C=O) groups excluding carboxylic acids is 1. The van der Waals surface area contributed by atoms with Gasteiger partial charge in [0.2, 0.25) is 5.91 Å². The number of nitrogens with zero attached hydrogens (tertiary/aromatic N) is 1. The molecule has 7 nitrogen and oxygen atoms in total. The van der Waals surface area contributed by atoms with Crippen LogP contribution in [0.25, 0.3) is 10.2 Å². The van der Waals surface area contributed by atoms with Crippen LogP contribution in [-0.2, 0) is 33.8 Å². The van der Waals surface area contributed by atoms with Crippen LogP contribution in [0.2, 0.25) is 0 Å². The van der Waals surface area contributed by atoms with Crippen molar-refractivity contribution in [3.05, 3.63) is 62.0 Å². The molecule has 2 aromatic heterocycles. The molecular formula is C23H29N3O4S. The number of amides is 1. The molecule has 0 spiro atoms. The number of rotatable bonds is 11. The summed E-state index contributed by atoms with van der Waals surface area (Å²) in [4.78, 5) is 33.8. The van der Waals surface area contributed by atoms with Crippen molar-refractivity contribution >= 4 is 27.5 Å². The van der Waals surface area contributed by atoms with E-state index in [1.807, 2.05) is 45.0 Å². The molecule has 0 radical (unpaired) electrons. The van der Waals surface area contributed by atoms with Crippen LogP contribution in [0.4, 0.5) is 0 Å². The maximum absolute atomic E-state index is 12.3. The first-order valence-corrected chi connectivity index (χ1v) is 11.3. The first-order valence-electron chi connectivity index (χ1n) is 10.5. The summed E-state index contributed by atoms with van der Waals surface area (Å²) in [5.74, 6) is 0.458. The maximum atomic E-state index is 12.3. The van der Waals surface area contributed by atoms with Crippen LogP contribution in [0.15, 0.2) is 29.1 Å². The number of ether oxygens (including phenoxy) is 2. The third-order valence-electron chi connectivity index (χ3n) is 5.00. The molecule has 0 fully saturated rings. The normalized spacial score (nSPS) is 11.2. The van der Waals surface area contributed by atoms with Gasteiger partial charge in [0.15, 0.2) is 0 Å². The second-order valence-electron chi connectivity index (χ2n) is 7.32. The molecule has 3 rings (SSSR count). The summed E-state index contributed by atoms with van der Waals surface area (Å²) < 4.78 is 10.8. The lowest BCUT2D eigenvalue weighted by Crippen LogP contribution is -2.23. The minimum Gasteiger partial charge on any atom is -0.379 e. The van der Waals surface area contributed by atoms with Gasteiger partial charge in [-0.25, -0.2) is 4.98 Å². The summed E-state index contributed by atoms with van der Waals surface area (Å²) in [5.41, 5.74) is 2.90. The zero-order valence-corrected chi connectivity index (χ0v) is 19.1. The van der Waals surface area contributed by atoms with Crippen LogP contribution < -0.4 is 10.9 Å². The van der Waals surface area contributed by atoms with Gasteiger partial charge >= 0.3 is 0 Å². The fourth-order valence-corrected chi connectivity index (χ4v) is 4.27. The average molecular weight is 444 g/mol. The van der Waals surface area contributed by atoms with Gasteiger partial charge in [0.05, 0.1) is 25.2 Å². The molecular weight excluding hydrogens is 414 g/mol. The summed E-state index contributed by atoms with van der Waals surface area (Å²) in [6.45, 7) is 8.66. The zero-order chi connectivity index (χ0) is 22.2. The second kappa shape index (κ2) is 11.2. The van der Waals surface area contributed by atoms with Gasteiger partial charge in [-0.15, -0.1) is 11.3 Å². The van der Waals surface area contributed by atoms with Crippen LogP contribution in [0.3, 0.4) is 0 Å². The van der Waals surface area contributed by atoms with Gasteiger partial charge in [0.25, 0.3) is 5.56 Å². The smallest absolute Gasteiger partial charge is 0.259 e. The van der Waals surface area contributed by atoms with E-state index in [2.05, 4.69) is 15.3 Å². The van der Waals surface area contributed by atoms with E-state index < -0.39 is 0 Å². The lowest BCUT2D eigenvalue weighted by atomic mass is 10.1. The monoisotopic (exact) mass is 443 g/mol. The molecule has 2 heterocycles. The van der Waals surface area contributed by atoms with E-state index in [1.54, 1.807) is 0 Å². The summed E-state index contributed by atoms with van der Waals surface area (Å²) in [5, 5.41) is 3.58. The Morgan fingerprint density at radius 1 is 1.19 bits per heavy atom. The van der Waals surface area contributed by atoms with Crippen LogP contribution in [0.5, 0.6) is 0 Å². The average Bonchev–Trinajstić information content (AvgIpc) is 3.04. The van der Waals surface area contributed by atoms with Gasteiger partial charge in [-0.1, -0.05) is 24.3 Å². The maximum Gasteiger partial charge on any atom is 0.259 e. The molecule has 0 saturated carbocycles. The number of thiophene rings is 1. The highest BCUT2D eigenvalue weighted by Crippen LogP contribution is 2.25. The standard InChI is InChI=1S/C23H29N3O4S/c1-4-29-10-11-30-14-18-7-5-6-17(12-18)13-24-20(27)9-8-19-25-22(28)21-15(2)16(3)31-23(21)26-19/h5-7,12H,4,8-11,13-14H2,1-3H3,(H,24,27)(H,25,26,28). The van der Waals surface area contributed by atoms with Crippen molar-refractivity contribution in [2.45, 2.75) is 46.8 Å². The Morgan fingerprint density at radius 2 is 1.97 bits per heavy atom. The predicted molar refractivity (Wildman–Crippen MR) is 122 cm³/mol. The highest BCUT2D eigenvalue weighted by Gasteiger charge is 2.12. The third kappa shape index (κ3) is 6.46. The molecule has 0 aliphatic heterocycles. The van der Waals surface area contributed by atoms with E-state index in [9.17, 15) is 9.59 Å². The SMILES string of the molecule is CCOCCOCc1cccc(CNC(=O)CCc2nc3sc(C)c(C)c3c(=O)[nH]2)c1. The highest BCUT2D eigenvalue weighted by atomic mass is 32.1. The van der Waals surface area contributed by atoms with Crippen molar-refractivity contribution in [3.8, 4) is 0 Å². The topological polar surface area (TPSA) is 93.3 Å². The zero-order valence-electron chi connectivity index (χ0n) is 18.2. The minimum absolute atomic E-state index is 0.0837. The number of nitrogens with one attached hydrogen (secondary N) is 2. The van der Waals surface area contributed by atoms with E-state index in [4.69, 9.17) is 9.47 Å². The number of hydrogen-bond acceptors (Lipinski definition) is 6. The van der Waals surface area contributed by atoms with Gasteiger partial charge in [-0.3, -0.25) is 9.59 Å². The molecule has 0 aliphatic rings. The Labute approximate surface area is 185 Å². The highest BCUT2D eigenvalue weighted by molar-refractivity contribution is 7.18. The molecule has 2 N–H and O–H groups in total. The molecule has 0 unspecified atom stereocenters. The molecule has 0 atom stereocenters. The second-order valence-corrected chi connectivity index (χ2v) is 8.53. The molecule has 0 aliphatic carbocycles. The number of aryl methyl sites for hydroxylation is 3. The van der Waals surface area contributed by atoms with Gasteiger partial charge in [0.1, 0.15) is 10.7 Å². The minimum atomic E-state index is -0.137. The summed E-state index contributed by atoms with van der Waals surface area (Å²) >= 11 is 1.51. The van der Waals surface area contributed by atoms with E-state index in [-0.39, 0.29) is 17.9 Å². The number of aromatic amines is 1. The van der Waals surface area contributed by atoms with Gasteiger partial charge in [-0.05, 0) is 37.5 Å². The van der Waals surface area contributed by atoms with Gasteiger partial charge in [-0.2, -0.15) is 0 Å². The molecule has 0 bridgehead atoms. The fourth-order valence-electron chi connectivity index (χ4n) is 3.22. The summed E-state index contributed by atoms with van der Waals surface area (Å²) in [6, 6.07) is 7.95. The molecule has 31 heavy (non-hydrogen) atoms. The van der Waals surface area contributed by atoms with Crippen LogP contribution in [0, 0.1) is 13.8 Å². The number of benzene rings is 1. The quantitative estimate of drug-likeness (QED) is 0.443. The number of fused-ring (bicyclic) bond motifs is 1. The van der Waals surface area contributed by atoms with Crippen molar-refractivity contribution in [1.29, 1.82) is 0 Å². The van der Waals surface area contributed by atoms with Crippen LogP contribution in [-0.4, -0.2) is 35.7 Å². The first-order chi connectivity index (χ1) is 15.0. The number of hydrogen-bond donors (Lipinski definition) is 2. The summed E-state index contributed by atoms with van der Waals surface area (Å²) in [6.07, 6.45) is 0.652. The largest absolute Gasteiger partial charge is 0.379 e. The molecule has 166 valence electrons. The molecule has 0 saturated heterocycles.